The lowest BCUT2D eigenvalue weighted by molar-refractivity contribution is -0.136. The zero-order valence-electron chi connectivity index (χ0n) is 11.6. The fourth-order valence-electron chi connectivity index (χ4n) is 1.79. The summed E-state index contributed by atoms with van der Waals surface area (Å²) in [5, 5.41) is 6.13. The first-order chi connectivity index (χ1) is 9.56. The molecule has 1 heterocycles. The molecule has 6 heteroatoms. The molecule has 1 aromatic heterocycles. The quantitative estimate of drug-likeness (QED) is 0.721. The monoisotopic (exact) mass is 274 g/mol. The first-order valence-corrected chi connectivity index (χ1v) is 6.37. The van der Waals surface area contributed by atoms with Gasteiger partial charge in [0.25, 0.3) is 0 Å². The van der Waals surface area contributed by atoms with Crippen LogP contribution in [0.25, 0.3) is 10.9 Å². The SMILES string of the molecule is CN(C)CCNC(=O)C(=O)Nc1ccc2[nH]ccc2c1. The molecule has 0 aliphatic carbocycles. The Hall–Kier alpha value is -2.34. The summed E-state index contributed by atoms with van der Waals surface area (Å²) in [6.45, 7) is 1.13. The summed E-state index contributed by atoms with van der Waals surface area (Å²) in [6, 6.07) is 7.33. The van der Waals surface area contributed by atoms with Crippen LogP contribution in [0, 0.1) is 0 Å². The van der Waals surface area contributed by atoms with Gasteiger partial charge in [-0.3, -0.25) is 9.59 Å². The molecule has 106 valence electrons. The third-order valence-electron chi connectivity index (χ3n) is 2.86. The van der Waals surface area contributed by atoms with Gasteiger partial charge in [0.2, 0.25) is 0 Å². The summed E-state index contributed by atoms with van der Waals surface area (Å²) in [5.41, 5.74) is 1.59. The molecule has 0 radical (unpaired) electrons. The lowest BCUT2D eigenvalue weighted by atomic mass is 10.2. The number of nitrogens with zero attached hydrogens (tertiary/aromatic N) is 1. The normalized spacial score (nSPS) is 10.8. The molecule has 0 saturated carbocycles. The fraction of sp³-hybridized carbons (Fsp3) is 0.286. The number of benzene rings is 1. The molecule has 2 aromatic rings. The van der Waals surface area contributed by atoms with Crippen LogP contribution in [-0.4, -0.2) is 48.9 Å². The van der Waals surface area contributed by atoms with Gasteiger partial charge in [-0.25, -0.2) is 0 Å². The molecule has 0 bridgehead atoms. The number of hydrogen-bond donors (Lipinski definition) is 3. The number of aromatic nitrogens is 1. The molecule has 20 heavy (non-hydrogen) atoms. The first-order valence-electron chi connectivity index (χ1n) is 6.37. The van der Waals surface area contributed by atoms with Gasteiger partial charge in [-0.1, -0.05) is 0 Å². The Balaban J connectivity index is 1.91. The minimum atomic E-state index is -0.654. The molecular weight excluding hydrogens is 256 g/mol. The second kappa shape index (κ2) is 6.21. The van der Waals surface area contributed by atoms with Crippen molar-refractivity contribution in [3.05, 3.63) is 30.5 Å². The number of amides is 2. The van der Waals surface area contributed by atoms with Crippen molar-refractivity contribution in [2.24, 2.45) is 0 Å². The molecule has 0 unspecified atom stereocenters. The second-order valence-corrected chi connectivity index (χ2v) is 4.79. The molecule has 0 atom stereocenters. The van der Waals surface area contributed by atoms with Crippen molar-refractivity contribution in [3.63, 3.8) is 0 Å². The first kappa shape index (κ1) is 14.1. The number of rotatable bonds is 4. The lowest BCUT2D eigenvalue weighted by Gasteiger charge is -2.10. The molecule has 0 saturated heterocycles. The van der Waals surface area contributed by atoms with E-state index in [9.17, 15) is 9.59 Å². The van der Waals surface area contributed by atoms with E-state index < -0.39 is 11.8 Å². The van der Waals surface area contributed by atoms with E-state index in [1.807, 2.05) is 43.4 Å². The molecule has 6 nitrogen and oxygen atoms in total. The van der Waals surface area contributed by atoms with Gasteiger partial charge in [-0.2, -0.15) is 0 Å². The van der Waals surface area contributed by atoms with Gasteiger partial charge in [0.05, 0.1) is 0 Å². The van der Waals surface area contributed by atoms with Gasteiger partial charge in [0, 0.05) is 35.9 Å². The number of carbonyl (C=O) groups excluding carboxylic acids is 2. The smallest absolute Gasteiger partial charge is 0.313 e. The average Bonchev–Trinajstić information content (AvgIpc) is 2.85. The van der Waals surface area contributed by atoms with Crippen molar-refractivity contribution in [3.8, 4) is 0 Å². The molecule has 3 N–H and O–H groups in total. The van der Waals surface area contributed by atoms with Crippen LogP contribution in [-0.2, 0) is 9.59 Å². The summed E-state index contributed by atoms with van der Waals surface area (Å²) < 4.78 is 0. The van der Waals surface area contributed by atoms with E-state index in [1.165, 1.54) is 0 Å². The molecule has 0 aliphatic rings. The van der Waals surface area contributed by atoms with E-state index in [4.69, 9.17) is 0 Å². The summed E-state index contributed by atoms with van der Waals surface area (Å²) in [4.78, 5) is 28.3. The number of likely N-dealkylation sites (N-methyl/N-ethyl adjacent to an activating group) is 1. The van der Waals surface area contributed by atoms with Gasteiger partial charge in [0.15, 0.2) is 0 Å². The number of hydrogen-bond acceptors (Lipinski definition) is 3. The Morgan fingerprint density at radius 2 is 2.00 bits per heavy atom. The van der Waals surface area contributed by atoms with Crippen molar-refractivity contribution < 1.29 is 9.59 Å². The molecule has 2 amide bonds. The van der Waals surface area contributed by atoms with Crippen LogP contribution in [0.4, 0.5) is 5.69 Å². The maximum Gasteiger partial charge on any atom is 0.313 e. The highest BCUT2D eigenvalue weighted by molar-refractivity contribution is 6.39. The van der Waals surface area contributed by atoms with E-state index in [2.05, 4.69) is 15.6 Å². The van der Waals surface area contributed by atoms with Crippen LogP contribution in [0.15, 0.2) is 30.5 Å². The summed E-state index contributed by atoms with van der Waals surface area (Å²) in [7, 11) is 3.80. The minimum Gasteiger partial charge on any atom is -0.361 e. The Bertz CT molecular complexity index is 618. The van der Waals surface area contributed by atoms with Gasteiger partial charge in [-0.15, -0.1) is 0 Å². The largest absolute Gasteiger partial charge is 0.361 e. The van der Waals surface area contributed by atoms with Crippen LogP contribution < -0.4 is 10.6 Å². The van der Waals surface area contributed by atoms with E-state index in [1.54, 1.807) is 6.07 Å². The predicted molar refractivity (Wildman–Crippen MR) is 78.5 cm³/mol. The maximum atomic E-state index is 11.7. The average molecular weight is 274 g/mol. The van der Waals surface area contributed by atoms with Crippen LogP contribution in [0.3, 0.4) is 0 Å². The highest BCUT2D eigenvalue weighted by Crippen LogP contribution is 2.17. The van der Waals surface area contributed by atoms with Crippen molar-refractivity contribution in [2.45, 2.75) is 0 Å². The molecule has 2 rings (SSSR count). The van der Waals surface area contributed by atoms with Gasteiger partial charge >= 0.3 is 11.8 Å². The summed E-state index contributed by atoms with van der Waals surface area (Å²) in [5.74, 6) is -1.28. The van der Waals surface area contributed by atoms with Crippen molar-refractivity contribution in [2.75, 3.05) is 32.5 Å². The Morgan fingerprint density at radius 1 is 1.20 bits per heavy atom. The van der Waals surface area contributed by atoms with Crippen LogP contribution in [0.5, 0.6) is 0 Å². The Morgan fingerprint density at radius 3 is 2.75 bits per heavy atom. The van der Waals surface area contributed by atoms with E-state index in [-0.39, 0.29) is 0 Å². The zero-order chi connectivity index (χ0) is 14.5. The van der Waals surface area contributed by atoms with E-state index >= 15 is 0 Å². The number of aromatic amines is 1. The second-order valence-electron chi connectivity index (χ2n) is 4.79. The molecule has 0 fully saturated rings. The highest BCUT2D eigenvalue weighted by atomic mass is 16.2. The molecule has 0 aliphatic heterocycles. The standard InChI is InChI=1S/C14H18N4O2/c1-18(2)8-7-16-13(19)14(20)17-11-3-4-12-10(9-11)5-6-15-12/h3-6,9,15H,7-8H2,1-2H3,(H,16,19)(H,17,20). The van der Waals surface area contributed by atoms with Crippen molar-refractivity contribution in [1.29, 1.82) is 0 Å². The highest BCUT2D eigenvalue weighted by Gasteiger charge is 2.13. The number of anilines is 1. The maximum absolute atomic E-state index is 11.7. The minimum absolute atomic E-state index is 0.441. The third kappa shape index (κ3) is 3.58. The molecular formula is C14H18N4O2. The van der Waals surface area contributed by atoms with Crippen LogP contribution in [0.1, 0.15) is 0 Å². The number of carbonyl (C=O) groups is 2. The van der Waals surface area contributed by atoms with Crippen molar-refractivity contribution >= 4 is 28.4 Å². The van der Waals surface area contributed by atoms with E-state index in [0.717, 1.165) is 10.9 Å². The topological polar surface area (TPSA) is 77.2 Å². The summed E-state index contributed by atoms with van der Waals surface area (Å²) in [6.07, 6.45) is 1.82. The van der Waals surface area contributed by atoms with Crippen LogP contribution >= 0.6 is 0 Å². The number of H-pyrrole nitrogens is 1. The number of fused-ring (bicyclic) bond motifs is 1. The number of nitrogens with one attached hydrogen (secondary N) is 3. The Labute approximate surface area is 117 Å². The third-order valence-corrected chi connectivity index (χ3v) is 2.86. The fourth-order valence-corrected chi connectivity index (χ4v) is 1.79. The van der Waals surface area contributed by atoms with E-state index in [0.29, 0.717) is 18.8 Å². The predicted octanol–water partition coefficient (Wildman–Crippen LogP) is 0.784. The summed E-state index contributed by atoms with van der Waals surface area (Å²) >= 11 is 0. The van der Waals surface area contributed by atoms with Crippen LogP contribution in [0.2, 0.25) is 0 Å². The molecule has 0 spiro atoms. The Kier molecular flexibility index (Phi) is 4.37. The van der Waals surface area contributed by atoms with Crippen molar-refractivity contribution in [1.82, 2.24) is 15.2 Å². The zero-order valence-corrected chi connectivity index (χ0v) is 11.6. The van der Waals surface area contributed by atoms with Gasteiger partial charge in [-0.05, 0) is 38.4 Å². The lowest BCUT2D eigenvalue weighted by Crippen LogP contribution is -2.38. The molecule has 1 aromatic carbocycles. The van der Waals surface area contributed by atoms with Gasteiger partial charge < -0.3 is 20.5 Å². The van der Waals surface area contributed by atoms with Gasteiger partial charge in [0.1, 0.15) is 0 Å².